The quantitative estimate of drug-likeness (QED) is 0.705. The fourth-order valence-corrected chi connectivity index (χ4v) is 1.49. The normalized spacial score (nSPS) is 11.2. The van der Waals surface area contributed by atoms with Gasteiger partial charge in [-0.15, -0.1) is 0 Å². The molecule has 0 fully saturated rings. The van der Waals surface area contributed by atoms with Crippen LogP contribution in [0.15, 0.2) is 12.3 Å². The van der Waals surface area contributed by atoms with Gasteiger partial charge in [-0.3, -0.25) is 14.4 Å². The Morgan fingerprint density at radius 2 is 2.29 bits per heavy atom. The highest BCUT2D eigenvalue weighted by atomic mass is 16.5. The maximum absolute atomic E-state index is 11.0. The minimum Gasteiger partial charge on any atom is -0.469 e. The molecule has 0 unspecified atom stereocenters. The van der Waals surface area contributed by atoms with Crippen LogP contribution in [0.5, 0.6) is 0 Å². The predicted molar refractivity (Wildman–Crippen MR) is 65.6 cm³/mol. The zero-order chi connectivity index (χ0) is 12.8. The third kappa shape index (κ3) is 4.56. The van der Waals surface area contributed by atoms with Crippen LogP contribution in [0.1, 0.15) is 32.0 Å². The number of hydrogen-bond acceptors (Lipinski definition) is 4. The van der Waals surface area contributed by atoms with Gasteiger partial charge in [0.1, 0.15) is 0 Å². The van der Waals surface area contributed by atoms with Crippen LogP contribution in [-0.4, -0.2) is 41.4 Å². The van der Waals surface area contributed by atoms with Gasteiger partial charge >= 0.3 is 5.97 Å². The van der Waals surface area contributed by atoms with Gasteiger partial charge < -0.3 is 4.74 Å². The second-order valence-electron chi connectivity index (χ2n) is 4.44. The van der Waals surface area contributed by atoms with E-state index in [2.05, 4.69) is 28.6 Å². The van der Waals surface area contributed by atoms with Gasteiger partial charge in [-0.05, 0) is 27.0 Å². The smallest absolute Gasteiger partial charge is 0.306 e. The monoisotopic (exact) mass is 239 g/mol. The fraction of sp³-hybridized carbons (Fsp3) is 0.667. The molecule has 0 spiro atoms. The molecule has 0 aliphatic heterocycles. The number of carbonyl (C=O) groups is 1. The van der Waals surface area contributed by atoms with E-state index in [9.17, 15) is 4.79 Å². The molecule has 1 aromatic rings. The number of nitrogens with zero attached hydrogens (tertiary/aromatic N) is 3. The van der Waals surface area contributed by atoms with Crippen molar-refractivity contribution >= 4 is 5.97 Å². The second kappa shape index (κ2) is 6.39. The third-order valence-corrected chi connectivity index (χ3v) is 2.55. The maximum atomic E-state index is 11.0. The van der Waals surface area contributed by atoms with Crippen molar-refractivity contribution in [3.63, 3.8) is 0 Å². The van der Waals surface area contributed by atoms with Gasteiger partial charge in [0, 0.05) is 25.3 Å². The molecule has 0 aliphatic rings. The van der Waals surface area contributed by atoms with E-state index >= 15 is 0 Å². The van der Waals surface area contributed by atoms with Crippen molar-refractivity contribution in [3.05, 3.63) is 18.0 Å². The summed E-state index contributed by atoms with van der Waals surface area (Å²) in [5.41, 5.74) is 1.02. The summed E-state index contributed by atoms with van der Waals surface area (Å²) in [6, 6.07) is 2.39. The summed E-state index contributed by atoms with van der Waals surface area (Å²) in [6.07, 6.45) is 2.39. The summed E-state index contributed by atoms with van der Waals surface area (Å²) in [6.45, 7) is 5.62. The summed E-state index contributed by atoms with van der Waals surface area (Å²) in [4.78, 5) is 13.1. The Kier molecular flexibility index (Phi) is 5.15. The van der Waals surface area contributed by atoms with E-state index in [1.165, 1.54) is 7.11 Å². The van der Waals surface area contributed by atoms with Gasteiger partial charge in [0.2, 0.25) is 0 Å². The highest BCUT2D eigenvalue weighted by Crippen LogP contribution is 2.06. The second-order valence-corrected chi connectivity index (χ2v) is 4.44. The van der Waals surface area contributed by atoms with Gasteiger partial charge in [0.25, 0.3) is 0 Å². The molecular weight excluding hydrogens is 218 g/mol. The Labute approximate surface area is 102 Å². The lowest BCUT2D eigenvalue weighted by Gasteiger charge is -2.14. The van der Waals surface area contributed by atoms with Crippen molar-refractivity contribution in [1.82, 2.24) is 14.7 Å². The first-order valence-corrected chi connectivity index (χ1v) is 5.82. The van der Waals surface area contributed by atoms with E-state index in [0.29, 0.717) is 19.0 Å². The molecule has 0 aliphatic carbocycles. The molecule has 0 bridgehead atoms. The van der Waals surface area contributed by atoms with Crippen molar-refractivity contribution in [3.8, 4) is 0 Å². The summed E-state index contributed by atoms with van der Waals surface area (Å²) in [5.74, 6) is -0.176. The summed E-state index contributed by atoms with van der Waals surface area (Å²) < 4.78 is 6.54. The molecule has 5 heteroatoms. The first kappa shape index (κ1) is 13.7. The zero-order valence-corrected chi connectivity index (χ0v) is 11.0. The van der Waals surface area contributed by atoms with Gasteiger partial charge in [0.15, 0.2) is 0 Å². The van der Waals surface area contributed by atoms with E-state index < -0.39 is 0 Å². The standard InChI is InChI=1S/C12H21N3O2/c1-10(2)15-8-5-11(13-15)9-14(3)7-6-12(16)17-4/h5,8,10H,6-7,9H2,1-4H3. The van der Waals surface area contributed by atoms with E-state index in [0.717, 1.165) is 12.2 Å². The number of ether oxygens (including phenoxy) is 1. The number of hydrogen-bond donors (Lipinski definition) is 0. The minimum atomic E-state index is -0.176. The molecule has 1 heterocycles. The number of rotatable bonds is 6. The van der Waals surface area contributed by atoms with Crippen LogP contribution in [0.2, 0.25) is 0 Å². The molecule has 0 amide bonds. The average Bonchev–Trinajstić information content (AvgIpc) is 2.74. The molecule has 0 N–H and O–H groups in total. The maximum Gasteiger partial charge on any atom is 0.306 e. The highest BCUT2D eigenvalue weighted by Gasteiger charge is 2.07. The van der Waals surface area contributed by atoms with Crippen LogP contribution < -0.4 is 0 Å². The Morgan fingerprint density at radius 1 is 1.59 bits per heavy atom. The molecular formula is C12H21N3O2. The summed E-state index contributed by atoms with van der Waals surface area (Å²) in [5, 5.41) is 4.46. The number of carbonyl (C=O) groups excluding carboxylic acids is 1. The zero-order valence-electron chi connectivity index (χ0n) is 11.0. The Morgan fingerprint density at radius 3 is 2.82 bits per heavy atom. The molecule has 0 radical (unpaired) electrons. The minimum absolute atomic E-state index is 0.176. The van der Waals surface area contributed by atoms with Gasteiger partial charge in [-0.1, -0.05) is 0 Å². The first-order chi connectivity index (χ1) is 8.02. The Hall–Kier alpha value is -1.36. The molecule has 17 heavy (non-hydrogen) atoms. The molecule has 1 aromatic heterocycles. The number of aromatic nitrogens is 2. The van der Waals surface area contributed by atoms with Crippen molar-refractivity contribution < 1.29 is 9.53 Å². The lowest BCUT2D eigenvalue weighted by molar-refractivity contribution is -0.140. The van der Waals surface area contributed by atoms with Gasteiger partial charge in [0.05, 0.1) is 19.2 Å². The van der Waals surface area contributed by atoms with E-state index in [1.54, 1.807) is 0 Å². The van der Waals surface area contributed by atoms with Crippen molar-refractivity contribution in [1.29, 1.82) is 0 Å². The third-order valence-electron chi connectivity index (χ3n) is 2.55. The van der Waals surface area contributed by atoms with Crippen LogP contribution in [0, 0.1) is 0 Å². The predicted octanol–water partition coefficient (Wildman–Crippen LogP) is 1.46. The largest absolute Gasteiger partial charge is 0.469 e. The average molecular weight is 239 g/mol. The highest BCUT2D eigenvalue weighted by molar-refractivity contribution is 5.69. The SMILES string of the molecule is COC(=O)CCN(C)Cc1ccn(C(C)C)n1. The van der Waals surface area contributed by atoms with E-state index in [1.807, 2.05) is 24.0 Å². The van der Waals surface area contributed by atoms with Crippen LogP contribution in [-0.2, 0) is 16.1 Å². The van der Waals surface area contributed by atoms with Crippen molar-refractivity contribution in [2.45, 2.75) is 32.9 Å². The van der Waals surface area contributed by atoms with Crippen LogP contribution >= 0.6 is 0 Å². The van der Waals surface area contributed by atoms with Crippen molar-refractivity contribution in [2.75, 3.05) is 20.7 Å². The lowest BCUT2D eigenvalue weighted by Crippen LogP contribution is -2.22. The van der Waals surface area contributed by atoms with Crippen LogP contribution in [0.25, 0.3) is 0 Å². The molecule has 0 aromatic carbocycles. The van der Waals surface area contributed by atoms with E-state index in [4.69, 9.17) is 0 Å². The topological polar surface area (TPSA) is 47.4 Å². The van der Waals surface area contributed by atoms with Crippen LogP contribution in [0.3, 0.4) is 0 Å². The van der Waals surface area contributed by atoms with Crippen LogP contribution in [0.4, 0.5) is 0 Å². The molecule has 0 atom stereocenters. The number of methoxy groups -OCH3 is 1. The van der Waals surface area contributed by atoms with Gasteiger partial charge in [-0.2, -0.15) is 5.10 Å². The molecule has 0 saturated heterocycles. The first-order valence-electron chi connectivity index (χ1n) is 5.82. The Balaban J connectivity index is 2.39. The number of esters is 1. The summed E-state index contributed by atoms with van der Waals surface area (Å²) in [7, 11) is 3.38. The molecule has 0 saturated carbocycles. The summed E-state index contributed by atoms with van der Waals surface area (Å²) >= 11 is 0. The van der Waals surface area contributed by atoms with Gasteiger partial charge in [-0.25, -0.2) is 0 Å². The molecule has 5 nitrogen and oxygen atoms in total. The molecule has 96 valence electrons. The van der Waals surface area contributed by atoms with Crippen molar-refractivity contribution in [2.24, 2.45) is 0 Å². The molecule has 1 rings (SSSR count). The Bertz CT molecular complexity index is 360. The fourth-order valence-electron chi connectivity index (χ4n) is 1.49. The lowest BCUT2D eigenvalue weighted by atomic mass is 10.3. The van der Waals surface area contributed by atoms with E-state index in [-0.39, 0.29) is 5.97 Å².